The van der Waals surface area contributed by atoms with Gasteiger partial charge in [-0.2, -0.15) is 0 Å². The van der Waals surface area contributed by atoms with E-state index in [0.717, 1.165) is 13.1 Å². The SMILES string of the molecule is Nc1c(Cl)ncnc1NN1CCOCC1. The maximum atomic E-state index is 5.77. The number of aromatic nitrogens is 2. The highest BCUT2D eigenvalue weighted by Gasteiger charge is 2.13. The summed E-state index contributed by atoms with van der Waals surface area (Å²) in [4.78, 5) is 7.80. The first kappa shape index (κ1) is 10.4. The molecule has 0 radical (unpaired) electrons. The number of nitrogens with zero attached hydrogens (tertiary/aromatic N) is 3. The summed E-state index contributed by atoms with van der Waals surface area (Å²) in [7, 11) is 0. The molecule has 0 spiro atoms. The van der Waals surface area contributed by atoms with E-state index in [1.165, 1.54) is 6.33 Å². The molecule has 0 aliphatic carbocycles. The van der Waals surface area contributed by atoms with Crippen LogP contribution in [0, 0.1) is 0 Å². The molecule has 7 heteroatoms. The third-order valence-corrected chi connectivity index (χ3v) is 2.41. The molecule has 1 saturated heterocycles. The van der Waals surface area contributed by atoms with Crippen molar-refractivity contribution in [3.05, 3.63) is 11.5 Å². The summed E-state index contributed by atoms with van der Waals surface area (Å²) in [5.74, 6) is 0.539. The lowest BCUT2D eigenvalue weighted by Gasteiger charge is -2.27. The van der Waals surface area contributed by atoms with Gasteiger partial charge in [-0.15, -0.1) is 0 Å². The molecule has 1 aliphatic heterocycles. The molecule has 15 heavy (non-hydrogen) atoms. The van der Waals surface area contributed by atoms with Crippen LogP contribution in [0.4, 0.5) is 11.5 Å². The number of nitrogens with two attached hydrogens (primary N) is 1. The van der Waals surface area contributed by atoms with Crippen molar-refractivity contribution in [2.24, 2.45) is 0 Å². The normalized spacial score (nSPS) is 17.7. The number of halogens is 1. The first-order valence-corrected chi connectivity index (χ1v) is 5.00. The van der Waals surface area contributed by atoms with E-state index in [1.807, 2.05) is 5.01 Å². The van der Waals surface area contributed by atoms with Gasteiger partial charge < -0.3 is 15.9 Å². The number of hydrogen-bond donors (Lipinski definition) is 2. The van der Waals surface area contributed by atoms with Crippen molar-refractivity contribution >= 4 is 23.1 Å². The zero-order valence-corrected chi connectivity index (χ0v) is 8.87. The van der Waals surface area contributed by atoms with Gasteiger partial charge in [0.1, 0.15) is 12.0 Å². The van der Waals surface area contributed by atoms with Crippen LogP contribution in [-0.4, -0.2) is 41.3 Å². The van der Waals surface area contributed by atoms with Crippen molar-refractivity contribution in [1.82, 2.24) is 15.0 Å². The summed E-state index contributed by atoms with van der Waals surface area (Å²) >= 11 is 5.77. The second-order valence-electron chi connectivity index (χ2n) is 3.14. The van der Waals surface area contributed by atoms with Gasteiger partial charge in [-0.3, -0.25) is 0 Å². The average molecular weight is 230 g/mol. The van der Waals surface area contributed by atoms with Crippen LogP contribution in [0.15, 0.2) is 6.33 Å². The number of ether oxygens (including phenoxy) is 1. The fourth-order valence-corrected chi connectivity index (χ4v) is 1.42. The van der Waals surface area contributed by atoms with E-state index in [9.17, 15) is 0 Å². The molecule has 82 valence electrons. The molecule has 0 unspecified atom stereocenters. The summed E-state index contributed by atoms with van der Waals surface area (Å²) < 4.78 is 5.22. The van der Waals surface area contributed by atoms with Crippen LogP contribution >= 0.6 is 11.6 Å². The Morgan fingerprint density at radius 3 is 2.87 bits per heavy atom. The van der Waals surface area contributed by atoms with E-state index in [-0.39, 0.29) is 5.15 Å². The maximum Gasteiger partial charge on any atom is 0.168 e. The first-order valence-electron chi connectivity index (χ1n) is 4.62. The Morgan fingerprint density at radius 1 is 1.40 bits per heavy atom. The third-order valence-electron chi connectivity index (χ3n) is 2.11. The van der Waals surface area contributed by atoms with E-state index >= 15 is 0 Å². The van der Waals surface area contributed by atoms with E-state index in [1.54, 1.807) is 0 Å². The monoisotopic (exact) mass is 229 g/mol. The molecule has 2 rings (SSSR count). The number of morpholine rings is 1. The molecule has 0 saturated carbocycles. The van der Waals surface area contributed by atoms with Crippen LogP contribution < -0.4 is 11.2 Å². The molecule has 0 amide bonds. The topological polar surface area (TPSA) is 76.3 Å². The van der Waals surface area contributed by atoms with Crippen LogP contribution in [0.1, 0.15) is 0 Å². The first-order chi connectivity index (χ1) is 7.27. The van der Waals surface area contributed by atoms with E-state index in [2.05, 4.69) is 15.4 Å². The lowest BCUT2D eigenvalue weighted by Crippen LogP contribution is -2.40. The number of nitrogens with one attached hydrogen (secondary N) is 1. The van der Waals surface area contributed by atoms with Gasteiger partial charge in [0.25, 0.3) is 0 Å². The van der Waals surface area contributed by atoms with Gasteiger partial charge >= 0.3 is 0 Å². The Hall–Kier alpha value is -1.11. The van der Waals surface area contributed by atoms with Gasteiger partial charge in [-0.25, -0.2) is 15.0 Å². The Balaban J connectivity index is 2.06. The lowest BCUT2D eigenvalue weighted by atomic mass is 10.5. The molecule has 1 aromatic rings. The standard InChI is InChI=1S/C8H12ClN5O/c9-7-6(10)8(12-5-11-7)13-14-1-3-15-4-2-14/h5H,1-4,10H2,(H,11,12,13). The summed E-state index contributed by atoms with van der Waals surface area (Å²) in [5.41, 5.74) is 9.17. The molecule has 0 atom stereocenters. The summed E-state index contributed by atoms with van der Waals surface area (Å²) in [6, 6.07) is 0. The van der Waals surface area contributed by atoms with Crippen molar-refractivity contribution < 1.29 is 4.74 Å². The smallest absolute Gasteiger partial charge is 0.168 e. The summed E-state index contributed by atoms with van der Waals surface area (Å²) in [6.45, 7) is 2.99. The van der Waals surface area contributed by atoms with Gasteiger partial charge in [0, 0.05) is 13.1 Å². The molecule has 0 bridgehead atoms. The highest BCUT2D eigenvalue weighted by Crippen LogP contribution is 2.22. The van der Waals surface area contributed by atoms with Crippen LogP contribution in [0.5, 0.6) is 0 Å². The zero-order chi connectivity index (χ0) is 10.7. The van der Waals surface area contributed by atoms with Gasteiger partial charge in [-0.05, 0) is 0 Å². The number of rotatable bonds is 2. The average Bonchev–Trinajstić information content (AvgIpc) is 2.26. The molecular weight excluding hydrogens is 218 g/mol. The zero-order valence-electron chi connectivity index (χ0n) is 8.11. The van der Waals surface area contributed by atoms with Crippen LogP contribution in [0.2, 0.25) is 5.15 Å². The van der Waals surface area contributed by atoms with Gasteiger partial charge in [-0.1, -0.05) is 11.6 Å². The molecule has 6 nitrogen and oxygen atoms in total. The van der Waals surface area contributed by atoms with Crippen LogP contribution in [-0.2, 0) is 4.74 Å². The highest BCUT2D eigenvalue weighted by atomic mass is 35.5. The van der Waals surface area contributed by atoms with Gasteiger partial charge in [0.2, 0.25) is 0 Å². The fourth-order valence-electron chi connectivity index (χ4n) is 1.29. The predicted octanol–water partition coefficient (Wildman–Crippen LogP) is 0.371. The highest BCUT2D eigenvalue weighted by molar-refractivity contribution is 6.32. The lowest BCUT2D eigenvalue weighted by molar-refractivity contribution is 0.0495. The van der Waals surface area contributed by atoms with Crippen molar-refractivity contribution in [3.63, 3.8) is 0 Å². The summed E-state index contributed by atoms with van der Waals surface area (Å²) in [6.07, 6.45) is 1.38. The molecule has 2 heterocycles. The van der Waals surface area contributed by atoms with Crippen LogP contribution in [0.25, 0.3) is 0 Å². The van der Waals surface area contributed by atoms with Crippen molar-refractivity contribution in [2.75, 3.05) is 37.5 Å². The van der Waals surface area contributed by atoms with E-state index in [4.69, 9.17) is 22.1 Å². The van der Waals surface area contributed by atoms with Crippen molar-refractivity contribution in [3.8, 4) is 0 Å². The minimum absolute atomic E-state index is 0.265. The van der Waals surface area contributed by atoms with Gasteiger partial charge in [0.15, 0.2) is 11.0 Å². The van der Waals surface area contributed by atoms with Crippen molar-refractivity contribution in [2.45, 2.75) is 0 Å². The number of anilines is 2. The maximum absolute atomic E-state index is 5.77. The summed E-state index contributed by atoms with van der Waals surface area (Å²) in [5, 5.41) is 2.25. The Labute approximate surface area is 92.4 Å². The second-order valence-corrected chi connectivity index (χ2v) is 3.50. The minimum atomic E-state index is 0.265. The second kappa shape index (κ2) is 4.61. The minimum Gasteiger partial charge on any atom is -0.393 e. The third kappa shape index (κ3) is 2.47. The molecule has 3 N–H and O–H groups in total. The Morgan fingerprint density at radius 2 is 2.13 bits per heavy atom. The van der Waals surface area contributed by atoms with Crippen LogP contribution in [0.3, 0.4) is 0 Å². The van der Waals surface area contributed by atoms with Gasteiger partial charge in [0.05, 0.1) is 13.2 Å². The number of nitrogen functional groups attached to an aromatic ring is 1. The molecule has 1 aliphatic rings. The molecular formula is C8H12ClN5O. The molecule has 1 aromatic heterocycles. The predicted molar refractivity (Wildman–Crippen MR) is 57.5 cm³/mol. The Kier molecular flexibility index (Phi) is 3.20. The Bertz CT molecular complexity index is 342. The quantitative estimate of drug-likeness (QED) is 0.714. The molecule has 1 fully saturated rings. The fraction of sp³-hybridized carbons (Fsp3) is 0.500. The van der Waals surface area contributed by atoms with E-state index in [0.29, 0.717) is 24.7 Å². The molecule has 0 aromatic carbocycles. The van der Waals surface area contributed by atoms with Crippen molar-refractivity contribution in [1.29, 1.82) is 0 Å². The number of hydrogen-bond acceptors (Lipinski definition) is 6. The van der Waals surface area contributed by atoms with E-state index < -0.39 is 0 Å². The largest absolute Gasteiger partial charge is 0.393 e. The number of hydrazine groups is 1.